The van der Waals surface area contributed by atoms with Crippen LogP contribution in [0.2, 0.25) is 10.0 Å². The lowest BCUT2D eigenvalue weighted by atomic mass is 10.1. The maximum Gasteiger partial charge on any atom is 0.222 e. The fourth-order valence-electron chi connectivity index (χ4n) is 2.26. The number of hydrogen-bond acceptors (Lipinski definition) is 8. The van der Waals surface area contributed by atoms with Crippen LogP contribution in [0.1, 0.15) is 0 Å². The molecular formula is C16H16Cl2N8. The highest BCUT2D eigenvalue weighted by Crippen LogP contribution is 2.27. The number of benzene rings is 1. The first-order chi connectivity index (χ1) is 12.5. The molecule has 26 heavy (non-hydrogen) atoms. The minimum absolute atomic E-state index is 0.151. The third-order valence-corrected chi connectivity index (χ3v) is 3.75. The van der Waals surface area contributed by atoms with Crippen LogP contribution in [-0.2, 0) is 0 Å². The average Bonchev–Trinajstić information content (AvgIpc) is 2.57. The molecule has 0 fully saturated rings. The van der Waals surface area contributed by atoms with Crippen LogP contribution in [0.5, 0.6) is 0 Å². The Morgan fingerprint density at radius 1 is 0.808 bits per heavy atom. The summed E-state index contributed by atoms with van der Waals surface area (Å²) in [5, 5.41) is 7.35. The number of nitrogens with one attached hydrogen (secondary N) is 2. The number of aromatic nitrogens is 4. The van der Waals surface area contributed by atoms with Gasteiger partial charge >= 0.3 is 0 Å². The number of rotatable bonds is 6. The topological polar surface area (TPSA) is 128 Å². The molecule has 1 aromatic carbocycles. The summed E-state index contributed by atoms with van der Waals surface area (Å²) < 4.78 is 0. The summed E-state index contributed by atoms with van der Waals surface area (Å²) >= 11 is 12.1. The molecule has 0 aliphatic heterocycles. The highest BCUT2D eigenvalue weighted by atomic mass is 35.5. The predicted octanol–water partition coefficient (Wildman–Crippen LogP) is 2.93. The van der Waals surface area contributed by atoms with E-state index in [1.54, 1.807) is 36.5 Å². The third-order valence-electron chi connectivity index (χ3n) is 3.31. The van der Waals surface area contributed by atoms with E-state index in [1.165, 1.54) is 0 Å². The number of halogens is 2. The zero-order chi connectivity index (χ0) is 18.5. The fourth-order valence-corrected chi connectivity index (χ4v) is 2.79. The quantitative estimate of drug-likeness (QED) is 0.472. The molecule has 0 unspecified atom stereocenters. The van der Waals surface area contributed by atoms with Gasteiger partial charge in [0.05, 0.1) is 5.69 Å². The first-order valence-electron chi connectivity index (χ1n) is 7.67. The zero-order valence-electron chi connectivity index (χ0n) is 13.6. The molecule has 0 atom stereocenters. The van der Waals surface area contributed by atoms with Gasteiger partial charge in [-0.1, -0.05) is 23.2 Å². The smallest absolute Gasteiger partial charge is 0.222 e. The van der Waals surface area contributed by atoms with Crippen LogP contribution in [0.25, 0.3) is 11.3 Å². The van der Waals surface area contributed by atoms with Gasteiger partial charge in [0.15, 0.2) is 0 Å². The van der Waals surface area contributed by atoms with Crippen molar-refractivity contribution in [3.05, 3.63) is 46.6 Å². The normalized spacial score (nSPS) is 10.5. The van der Waals surface area contributed by atoms with Gasteiger partial charge in [0.2, 0.25) is 11.9 Å². The molecule has 8 nitrogen and oxygen atoms in total. The van der Waals surface area contributed by atoms with E-state index in [0.717, 1.165) is 5.56 Å². The van der Waals surface area contributed by atoms with Gasteiger partial charge in [0.25, 0.3) is 0 Å². The molecule has 0 radical (unpaired) electrons. The van der Waals surface area contributed by atoms with E-state index in [0.29, 0.717) is 40.5 Å². The van der Waals surface area contributed by atoms with Gasteiger partial charge < -0.3 is 22.1 Å². The summed E-state index contributed by atoms with van der Waals surface area (Å²) in [5.74, 6) is 1.61. The Kier molecular flexibility index (Phi) is 5.55. The first-order valence-corrected chi connectivity index (χ1v) is 8.42. The van der Waals surface area contributed by atoms with E-state index >= 15 is 0 Å². The summed E-state index contributed by atoms with van der Waals surface area (Å²) in [5.41, 5.74) is 12.7. The minimum Gasteiger partial charge on any atom is -0.368 e. The van der Waals surface area contributed by atoms with Gasteiger partial charge in [0, 0.05) is 41.0 Å². The number of nitrogen functional groups attached to an aromatic ring is 2. The lowest BCUT2D eigenvalue weighted by Crippen LogP contribution is -2.16. The molecular weight excluding hydrogens is 375 g/mol. The van der Waals surface area contributed by atoms with Crippen molar-refractivity contribution in [2.75, 3.05) is 35.2 Å². The molecule has 3 aromatic rings. The zero-order valence-corrected chi connectivity index (χ0v) is 15.1. The minimum atomic E-state index is 0.151. The number of anilines is 4. The molecule has 0 aliphatic carbocycles. The molecule has 0 aliphatic rings. The van der Waals surface area contributed by atoms with Crippen molar-refractivity contribution in [1.29, 1.82) is 0 Å². The van der Waals surface area contributed by atoms with Crippen LogP contribution in [-0.4, -0.2) is 33.0 Å². The summed E-state index contributed by atoms with van der Waals surface area (Å²) in [4.78, 5) is 16.3. The number of nitrogens with two attached hydrogens (primary N) is 2. The lowest BCUT2D eigenvalue weighted by molar-refractivity contribution is 1.03. The fraction of sp³-hybridized carbons (Fsp3) is 0.125. The largest absolute Gasteiger partial charge is 0.368 e. The molecule has 3 rings (SSSR count). The van der Waals surface area contributed by atoms with Crippen LogP contribution in [0.4, 0.5) is 23.5 Å². The van der Waals surface area contributed by atoms with E-state index in [1.807, 2.05) is 0 Å². The number of hydrogen-bond donors (Lipinski definition) is 4. The van der Waals surface area contributed by atoms with Crippen molar-refractivity contribution in [1.82, 2.24) is 19.9 Å². The first kappa shape index (κ1) is 18.0. The lowest BCUT2D eigenvalue weighted by Gasteiger charge is -2.10. The van der Waals surface area contributed by atoms with Crippen molar-refractivity contribution in [3.63, 3.8) is 0 Å². The number of nitrogens with zero attached hydrogens (tertiary/aromatic N) is 4. The maximum atomic E-state index is 6.05. The van der Waals surface area contributed by atoms with Crippen LogP contribution in [0.3, 0.4) is 0 Å². The standard InChI is InChI=1S/C16H16Cl2N8/c17-10-5-9(6-11(18)7-10)12-8-14(26-16(20)24-12)22-4-3-21-13-1-2-23-15(19)25-13/h1-2,5-8H,3-4H2,(H3,19,21,23,25)(H3,20,22,24,26). The second-order valence-corrected chi connectivity index (χ2v) is 6.18. The van der Waals surface area contributed by atoms with Gasteiger partial charge in [-0.15, -0.1) is 0 Å². The Morgan fingerprint density at radius 2 is 1.46 bits per heavy atom. The Morgan fingerprint density at radius 3 is 2.15 bits per heavy atom. The van der Waals surface area contributed by atoms with E-state index in [9.17, 15) is 0 Å². The Balaban J connectivity index is 1.66. The van der Waals surface area contributed by atoms with Crippen LogP contribution < -0.4 is 22.1 Å². The van der Waals surface area contributed by atoms with Gasteiger partial charge in [-0.25, -0.2) is 9.97 Å². The van der Waals surface area contributed by atoms with Crippen LogP contribution in [0, 0.1) is 0 Å². The van der Waals surface area contributed by atoms with Crippen molar-refractivity contribution < 1.29 is 0 Å². The highest BCUT2D eigenvalue weighted by molar-refractivity contribution is 6.35. The molecule has 0 saturated carbocycles. The van der Waals surface area contributed by atoms with Gasteiger partial charge in [0.1, 0.15) is 11.6 Å². The van der Waals surface area contributed by atoms with Gasteiger partial charge in [-0.3, -0.25) is 0 Å². The van der Waals surface area contributed by atoms with Crippen LogP contribution in [0.15, 0.2) is 36.5 Å². The van der Waals surface area contributed by atoms with Gasteiger partial charge in [-0.05, 0) is 24.3 Å². The molecule has 6 N–H and O–H groups in total. The van der Waals surface area contributed by atoms with E-state index < -0.39 is 0 Å². The van der Waals surface area contributed by atoms with Gasteiger partial charge in [-0.2, -0.15) is 9.97 Å². The van der Waals surface area contributed by atoms with E-state index in [-0.39, 0.29) is 11.9 Å². The second kappa shape index (κ2) is 8.03. The molecule has 134 valence electrons. The van der Waals surface area contributed by atoms with Crippen molar-refractivity contribution in [3.8, 4) is 11.3 Å². The monoisotopic (exact) mass is 390 g/mol. The van der Waals surface area contributed by atoms with Crippen molar-refractivity contribution in [2.45, 2.75) is 0 Å². The third kappa shape index (κ3) is 4.84. The second-order valence-electron chi connectivity index (χ2n) is 5.31. The molecule has 2 heterocycles. The summed E-state index contributed by atoms with van der Waals surface area (Å²) in [6.45, 7) is 1.18. The highest BCUT2D eigenvalue weighted by Gasteiger charge is 2.07. The SMILES string of the molecule is Nc1nccc(NCCNc2cc(-c3cc(Cl)cc(Cl)c3)nc(N)n2)n1. The average molecular weight is 391 g/mol. The Hall–Kier alpha value is -2.84. The Labute approximate surface area is 160 Å². The van der Waals surface area contributed by atoms with Crippen molar-refractivity contribution in [2.24, 2.45) is 0 Å². The van der Waals surface area contributed by atoms with E-state index in [2.05, 4.69) is 30.6 Å². The predicted molar refractivity (Wildman–Crippen MR) is 105 cm³/mol. The van der Waals surface area contributed by atoms with E-state index in [4.69, 9.17) is 34.7 Å². The molecule has 2 aromatic heterocycles. The molecule has 0 spiro atoms. The molecule has 0 bridgehead atoms. The molecule has 0 amide bonds. The summed E-state index contributed by atoms with van der Waals surface area (Å²) in [6, 6.07) is 8.70. The van der Waals surface area contributed by atoms with Crippen LogP contribution >= 0.6 is 23.2 Å². The Bertz CT molecular complexity index is 898. The summed E-state index contributed by atoms with van der Waals surface area (Å²) in [6.07, 6.45) is 1.59. The van der Waals surface area contributed by atoms with Crippen molar-refractivity contribution >= 4 is 46.7 Å². The molecule has 0 saturated heterocycles. The summed E-state index contributed by atoms with van der Waals surface area (Å²) in [7, 11) is 0. The maximum absolute atomic E-state index is 6.05. The molecule has 10 heteroatoms.